The van der Waals surface area contributed by atoms with Crippen molar-refractivity contribution in [2.24, 2.45) is 0 Å². The normalized spacial score (nSPS) is 11.7. The van der Waals surface area contributed by atoms with Crippen molar-refractivity contribution in [2.75, 3.05) is 7.11 Å². The molecule has 0 aromatic heterocycles. The van der Waals surface area contributed by atoms with Gasteiger partial charge in [0.1, 0.15) is 17.6 Å². The van der Waals surface area contributed by atoms with E-state index in [2.05, 4.69) is 0 Å². The molecule has 0 heterocycles. The number of ether oxygens (including phenoxy) is 1. The minimum Gasteiger partial charge on any atom is -0.495 e. The van der Waals surface area contributed by atoms with E-state index >= 15 is 0 Å². The Morgan fingerprint density at radius 3 is 2.75 bits per heavy atom. The summed E-state index contributed by atoms with van der Waals surface area (Å²) in [5.41, 5.74) is 1.19. The number of nitrogens with zero attached hydrogens (tertiary/aromatic N) is 1. The standard InChI is InChI=1S/C15H12FNO2S/c1-19-15-7-11(5-6-12(15)9-17)10-20(18)14-4-2-3-13(16)8-14/h2-8H,10H2,1H3. The first-order chi connectivity index (χ1) is 9.63. The molecule has 0 aliphatic heterocycles. The third-order valence-electron chi connectivity index (χ3n) is 2.74. The molecule has 5 heteroatoms. The Hall–Kier alpha value is -2.19. The molecule has 3 nitrogen and oxygen atoms in total. The lowest BCUT2D eigenvalue weighted by Crippen LogP contribution is -1.98. The summed E-state index contributed by atoms with van der Waals surface area (Å²) >= 11 is 0. The Balaban J connectivity index is 2.22. The van der Waals surface area contributed by atoms with E-state index < -0.39 is 16.6 Å². The van der Waals surface area contributed by atoms with Gasteiger partial charge in [0.25, 0.3) is 0 Å². The molecule has 0 bridgehead atoms. The van der Waals surface area contributed by atoms with Crippen LogP contribution in [-0.4, -0.2) is 11.3 Å². The van der Waals surface area contributed by atoms with Gasteiger partial charge in [-0.05, 0) is 35.9 Å². The Labute approximate surface area is 119 Å². The van der Waals surface area contributed by atoms with Crippen molar-refractivity contribution in [3.63, 3.8) is 0 Å². The summed E-state index contributed by atoms with van der Waals surface area (Å²) in [5.74, 6) is 0.278. The molecule has 0 amide bonds. The highest BCUT2D eigenvalue weighted by Crippen LogP contribution is 2.21. The number of rotatable bonds is 4. The quantitative estimate of drug-likeness (QED) is 0.869. The molecule has 2 rings (SSSR count). The van der Waals surface area contributed by atoms with Crippen molar-refractivity contribution in [1.82, 2.24) is 0 Å². The summed E-state index contributed by atoms with van der Waals surface area (Å²) in [7, 11) is 0.134. The zero-order valence-corrected chi connectivity index (χ0v) is 11.6. The van der Waals surface area contributed by atoms with Crippen molar-refractivity contribution in [3.05, 3.63) is 59.4 Å². The first kappa shape index (κ1) is 14.2. The van der Waals surface area contributed by atoms with E-state index in [-0.39, 0.29) is 5.75 Å². The van der Waals surface area contributed by atoms with Crippen LogP contribution in [0.25, 0.3) is 0 Å². The Morgan fingerprint density at radius 2 is 2.10 bits per heavy atom. The number of hydrogen-bond donors (Lipinski definition) is 0. The topological polar surface area (TPSA) is 50.1 Å². The second kappa shape index (κ2) is 6.31. The maximum absolute atomic E-state index is 13.1. The van der Waals surface area contributed by atoms with E-state index in [0.717, 1.165) is 5.56 Å². The van der Waals surface area contributed by atoms with Gasteiger partial charge < -0.3 is 4.74 Å². The van der Waals surface area contributed by atoms with Crippen molar-refractivity contribution in [1.29, 1.82) is 5.26 Å². The zero-order chi connectivity index (χ0) is 14.5. The summed E-state index contributed by atoms with van der Waals surface area (Å²) in [6, 6.07) is 12.8. The molecule has 0 radical (unpaired) electrons. The molecule has 2 aromatic rings. The average Bonchev–Trinajstić information content (AvgIpc) is 2.47. The summed E-state index contributed by atoms with van der Waals surface area (Å²) in [5, 5.41) is 8.90. The van der Waals surface area contributed by atoms with Crippen LogP contribution < -0.4 is 4.74 Å². The monoisotopic (exact) mass is 289 g/mol. The van der Waals surface area contributed by atoms with E-state index in [1.54, 1.807) is 24.3 Å². The second-order valence-electron chi connectivity index (χ2n) is 4.09. The molecular weight excluding hydrogens is 277 g/mol. The smallest absolute Gasteiger partial charge is 0.136 e. The van der Waals surface area contributed by atoms with Gasteiger partial charge in [-0.25, -0.2) is 4.39 Å². The molecule has 0 aliphatic carbocycles. The molecule has 0 aliphatic rings. The Kier molecular flexibility index (Phi) is 4.49. The van der Waals surface area contributed by atoms with Crippen LogP contribution in [0.1, 0.15) is 11.1 Å². The van der Waals surface area contributed by atoms with Crippen molar-refractivity contribution < 1.29 is 13.3 Å². The Bertz CT molecular complexity index is 695. The predicted octanol–water partition coefficient (Wildman–Crippen LogP) is 3.01. The van der Waals surface area contributed by atoms with Gasteiger partial charge in [-0.3, -0.25) is 4.21 Å². The fraction of sp³-hybridized carbons (Fsp3) is 0.133. The van der Waals surface area contributed by atoms with Gasteiger partial charge in [-0.2, -0.15) is 5.26 Å². The lowest BCUT2D eigenvalue weighted by Gasteiger charge is -2.07. The van der Waals surface area contributed by atoms with Crippen LogP contribution >= 0.6 is 0 Å². The maximum Gasteiger partial charge on any atom is 0.136 e. The minimum atomic E-state index is -1.34. The summed E-state index contributed by atoms with van der Waals surface area (Å²) in [6.07, 6.45) is 0. The molecule has 20 heavy (non-hydrogen) atoms. The highest BCUT2D eigenvalue weighted by Gasteiger charge is 2.09. The number of hydrogen-bond acceptors (Lipinski definition) is 3. The molecule has 0 spiro atoms. The van der Waals surface area contributed by atoms with Gasteiger partial charge in [0, 0.05) is 4.90 Å². The van der Waals surface area contributed by atoms with Crippen molar-refractivity contribution >= 4 is 10.8 Å². The largest absolute Gasteiger partial charge is 0.495 e. The zero-order valence-electron chi connectivity index (χ0n) is 10.8. The first-order valence-electron chi connectivity index (χ1n) is 5.85. The lowest BCUT2D eigenvalue weighted by atomic mass is 10.1. The third kappa shape index (κ3) is 3.22. The van der Waals surface area contributed by atoms with Crippen LogP contribution in [0, 0.1) is 17.1 Å². The van der Waals surface area contributed by atoms with Gasteiger partial charge in [0.2, 0.25) is 0 Å². The van der Waals surface area contributed by atoms with Crippen LogP contribution in [0.3, 0.4) is 0 Å². The predicted molar refractivity (Wildman–Crippen MR) is 74.2 cm³/mol. The lowest BCUT2D eigenvalue weighted by molar-refractivity contribution is 0.413. The molecule has 1 unspecified atom stereocenters. The first-order valence-corrected chi connectivity index (χ1v) is 7.17. The number of benzene rings is 2. The van der Waals surface area contributed by atoms with Gasteiger partial charge in [-0.1, -0.05) is 12.1 Å². The van der Waals surface area contributed by atoms with E-state index in [1.165, 1.54) is 25.3 Å². The van der Waals surface area contributed by atoms with Crippen LogP contribution in [0.5, 0.6) is 5.75 Å². The van der Waals surface area contributed by atoms with Crippen molar-refractivity contribution in [2.45, 2.75) is 10.6 Å². The average molecular weight is 289 g/mol. The fourth-order valence-corrected chi connectivity index (χ4v) is 2.88. The molecule has 2 aromatic carbocycles. The molecule has 0 saturated heterocycles. The summed E-state index contributed by atoms with van der Waals surface area (Å²) in [4.78, 5) is 0.438. The molecule has 102 valence electrons. The molecular formula is C15H12FNO2S. The van der Waals surface area contributed by atoms with Gasteiger partial charge in [0.05, 0.1) is 29.2 Å². The van der Waals surface area contributed by atoms with Gasteiger partial charge in [0.15, 0.2) is 0 Å². The second-order valence-corrected chi connectivity index (χ2v) is 5.54. The van der Waals surface area contributed by atoms with E-state index in [0.29, 0.717) is 16.2 Å². The molecule has 0 saturated carbocycles. The number of methoxy groups -OCH3 is 1. The SMILES string of the molecule is COc1cc(CS(=O)c2cccc(F)c2)ccc1C#N. The highest BCUT2D eigenvalue weighted by molar-refractivity contribution is 7.84. The Morgan fingerprint density at radius 1 is 1.30 bits per heavy atom. The van der Waals surface area contributed by atoms with Gasteiger partial charge in [-0.15, -0.1) is 0 Å². The van der Waals surface area contributed by atoms with E-state index in [4.69, 9.17) is 10.00 Å². The minimum absolute atomic E-state index is 0.242. The van der Waals surface area contributed by atoms with Crippen molar-refractivity contribution in [3.8, 4) is 11.8 Å². The summed E-state index contributed by atoms with van der Waals surface area (Å²) in [6.45, 7) is 0. The van der Waals surface area contributed by atoms with Crippen LogP contribution in [-0.2, 0) is 16.6 Å². The molecule has 0 N–H and O–H groups in total. The van der Waals surface area contributed by atoms with Crippen LogP contribution in [0.4, 0.5) is 4.39 Å². The molecule has 0 fully saturated rings. The van der Waals surface area contributed by atoms with Gasteiger partial charge >= 0.3 is 0 Å². The maximum atomic E-state index is 13.1. The van der Waals surface area contributed by atoms with Crippen LogP contribution in [0.15, 0.2) is 47.4 Å². The number of nitriles is 1. The molecule has 1 atom stereocenters. The fourth-order valence-electron chi connectivity index (χ4n) is 1.76. The van der Waals surface area contributed by atoms with E-state index in [9.17, 15) is 8.60 Å². The number of halogens is 1. The highest BCUT2D eigenvalue weighted by atomic mass is 32.2. The third-order valence-corrected chi connectivity index (χ3v) is 4.12. The summed E-state index contributed by atoms with van der Waals surface area (Å²) < 4.78 is 30.4. The van der Waals surface area contributed by atoms with E-state index in [1.807, 2.05) is 6.07 Å². The van der Waals surface area contributed by atoms with Crippen LogP contribution in [0.2, 0.25) is 0 Å².